The van der Waals surface area contributed by atoms with Crippen LogP contribution in [0.2, 0.25) is 0 Å². The summed E-state index contributed by atoms with van der Waals surface area (Å²) in [6, 6.07) is 5.20. The molecule has 0 saturated carbocycles. The van der Waals surface area contributed by atoms with Crippen molar-refractivity contribution < 1.29 is 9.21 Å². The Morgan fingerprint density at radius 3 is 3.11 bits per heavy atom. The lowest BCUT2D eigenvalue weighted by Crippen LogP contribution is -2.26. The van der Waals surface area contributed by atoms with E-state index in [1.165, 1.54) is 6.39 Å². The smallest absolute Gasteiger partial charge is 0.333 e. The van der Waals surface area contributed by atoms with E-state index in [2.05, 4.69) is 4.98 Å². The van der Waals surface area contributed by atoms with Crippen LogP contribution in [0.1, 0.15) is 11.6 Å². The molecule has 90 valence electrons. The zero-order valence-corrected chi connectivity index (χ0v) is 9.70. The van der Waals surface area contributed by atoms with E-state index < -0.39 is 0 Å². The minimum atomic E-state index is -0.278. The number of fused-ring (bicyclic) bond motifs is 1. The predicted molar refractivity (Wildman–Crippen MR) is 62.2 cm³/mol. The molecule has 1 aliphatic heterocycles. The summed E-state index contributed by atoms with van der Waals surface area (Å²) in [4.78, 5) is 18.5. The minimum Gasteiger partial charge on any atom is -0.443 e. The van der Waals surface area contributed by atoms with Gasteiger partial charge >= 0.3 is 6.03 Å². The number of nitrogens with zero attached hydrogens (tertiary/aromatic N) is 4. The summed E-state index contributed by atoms with van der Waals surface area (Å²) in [6.45, 7) is 0.367. The van der Waals surface area contributed by atoms with Crippen molar-refractivity contribution in [2.45, 2.75) is 6.04 Å². The van der Waals surface area contributed by atoms with Crippen LogP contribution in [0.15, 0.2) is 29.0 Å². The van der Waals surface area contributed by atoms with Gasteiger partial charge in [0.15, 0.2) is 18.2 Å². The first-order chi connectivity index (χ1) is 8.70. The molecule has 6 nitrogen and oxygen atoms in total. The molecule has 1 aliphatic rings. The average molecular weight is 242 g/mol. The number of carbonyl (C=O) groups excluding carboxylic acids is 1. The third-order valence-electron chi connectivity index (χ3n) is 3.22. The number of benzene rings is 1. The fourth-order valence-electron chi connectivity index (χ4n) is 2.19. The molecule has 18 heavy (non-hydrogen) atoms. The molecule has 1 fully saturated rings. The second kappa shape index (κ2) is 3.74. The van der Waals surface area contributed by atoms with Gasteiger partial charge in [0.25, 0.3) is 0 Å². The maximum atomic E-state index is 11.7. The van der Waals surface area contributed by atoms with Crippen LogP contribution < -0.4 is 0 Å². The van der Waals surface area contributed by atoms with Crippen LogP contribution in [0.3, 0.4) is 0 Å². The van der Waals surface area contributed by atoms with Gasteiger partial charge in [-0.15, -0.1) is 0 Å². The second-order valence-electron chi connectivity index (χ2n) is 4.20. The van der Waals surface area contributed by atoms with E-state index in [4.69, 9.17) is 9.68 Å². The standard InChI is InChI=1S/C12H10N4O2/c1-15-10(5-16(6-13)12(15)17)8-2-3-9-11(4-8)18-7-14-9/h2-4,7,10H,5H2,1H3. The number of urea groups is 1. The SMILES string of the molecule is CN1C(=O)N(C#N)CC1c1ccc2ncoc2c1. The Balaban J connectivity index is 2.00. The maximum Gasteiger partial charge on any atom is 0.333 e. The van der Waals surface area contributed by atoms with Crippen LogP contribution in [-0.4, -0.2) is 34.4 Å². The molecular formula is C12H10N4O2. The number of nitriles is 1. The van der Waals surface area contributed by atoms with Gasteiger partial charge in [0.1, 0.15) is 5.52 Å². The summed E-state index contributed by atoms with van der Waals surface area (Å²) >= 11 is 0. The Hall–Kier alpha value is -2.55. The monoisotopic (exact) mass is 242 g/mol. The van der Waals surface area contributed by atoms with Gasteiger partial charge in [-0.1, -0.05) is 6.07 Å². The summed E-state index contributed by atoms with van der Waals surface area (Å²) in [6.07, 6.45) is 3.27. The van der Waals surface area contributed by atoms with Gasteiger partial charge in [0.05, 0.1) is 12.6 Å². The van der Waals surface area contributed by atoms with Crippen LogP contribution in [-0.2, 0) is 0 Å². The fourth-order valence-corrected chi connectivity index (χ4v) is 2.19. The highest BCUT2D eigenvalue weighted by Crippen LogP contribution is 2.29. The summed E-state index contributed by atoms with van der Waals surface area (Å²) in [7, 11) is 1.69. The van der Waals surface area contributed by atoms with Crippen molar-refractivity contribution in [3.63, 3.8) is 0 Å². The molecule has 0 radical (unpaired) electrons. The van der Waals surface area contributed by atoms with E-state index in [1.807, 2.05) is 24.4 Å². The molecule has 1 aromatic heterocycles. The fraction of sp³-hybridized carbons (Fsp3) is 0.250. The van der Waals surface area contributed by atoms with Crippen molar-refractivity contribution in [3.8, 4) is 6.19 Å². The molecule has 0 aliphatic carbocycles. The molecule has 2 aromatic rings. The van der Waals surface area contributed by atoms with Gasteiger partial charge < -0.3 is 9.32 Å². The molecule has 0 N–H and O–H groups in total. The van der Waals surface area contributed by atoms with Gasteiger partial charge in [-0.2, -0.15) is 5.26 Å². The first-order valence-electron chi connectivity index (χ1n) is 5.48. The summed E-state index contributed by atoms with van der Waals surface area (Å²) in [5.74, 6) is 0. The molecule has 1 saturated heterocycles. The van der Waals surface area contributed by atoms with Crippen molar-refractivity contribution >= 4 is 17.1 Å². The van der Waals surface area contributed by atoms with Gasteiger partial charge in [0.2, 0.25) is 0 Å². The number of amides is 2. The first kappa shape index (κ1) is 10.6. The molecule has 3 rings (SSSR count). The Morgan fingerprint density at radius 1 is 1.56 bits per heavy atom. The lowest BCUT2D eigenvalue weighted by atomic mass is 10.1. The van der Waals surface area contributed by atoms with Crippen molar-refractivity contribution in [3.05, 3.63) is 30.2 Å². The number of hydrogen-bond donors (Lipinski definition) is 0. The number of hydrogen-bond acceptors (Lipinski definition) is 4. The van der Waals surface area contributed by atoms with Crippen molar-refractivity contribution in [1.29, 1.82) is 5.26 Å². The molecule has 0 bridgehead atoms. The van der Waals surface area contributed by atoms with Crippen molar-refractivity contribution in [2.75, 3.05) is 13.6 Å². The second-order valence-corrected chi connectivity index (χ2v) is 4.20. The lowest BCUT2D eigenvalue weighted by Gasteiger charge is -2.17. The number of aromatic nitrogens is 1. The molecular weight excluding hydrogens is 232 g/mol. The van der Waals surface area contributed by atoms with Gasteiger partial charge in [-0.3, -0.25) is 0 Å². The van der Waals surface area contributed by atoms with Crippen molar-refractivity contribution in [1.82, 2.24) is 14.8 Å². The molecule has 2 amide bonds. The van der Waals surface area contributed by atoms with Gasteiger partial charge in [0, 0.05) is 7.05 Å². The van der Waals surface area contributed by atoms with Gasteiger partial charge in [-0.05, 0) is 17.7 Å². The topological polar surface area (TPSA) is 73.4 Å². The van der Waals surface area contributed by atoms with E-state index in [1.54, 1.807) is 11.9 Å². The summed E-state index contributed by atoms with van der Waals surface area (Å²) < 4.78 is 5.24. The first-order valence-corrected chi connectivity index (χ1v) is 5.48. The number of oxazole rings is 1. The molecule has 6 heteroatoms. The van der Waals surface area contributed by atoms with Gasteiger partial charge in [-0.25, -0.2) is 14.7 Å². The number of likely N-dealkylation sites (N-methyl/N-ethyl adjacent to an activating group) is 1. The van der Waals surface area contributed by atoms with Crippen LogP contribution in [0.25, 0.3) is 11.1 Å². The molecule has 1 atom stereocenters. The quantitative estimate of drug-likeness (QED) is 0.713. The maximum absolute atomic E-state index is 11.7. The molecule has 1 aromatic carbocycles. The average Bonchev–Trinajstić information content (AvgIpc) is 2.95. The normalized spacial score (nSPS) is 19.6. The Morgan fingerprint density at radius 2 is 2.39 bits per heavy atom. The zero-order valence-electron chi connectivity index (χ0n) is 9.70. The van der Waals surface area contributed by atoms with Crippen LogP contribution >= 0.6 is 0 Å². The highest BCUT2D eigenvalue weighted by molar-refractivity contribution is 5.79. The largest absolute Gasteiger partial charge is 0.443 e. The van der Waals surface area contributed by atoms with E-state index in [9.17, 15) is 4.79 Å². The summed E-state index contributed by atoms with van der Waals surface area (Å²) in [5.41, 5.74) is 2.40. The summed E-state index contributed by atoms with van der Waals surface area (Å²) in [5, 5.41) is 8.86. The number of carbonyl (C=O) groups is 1. The minimum absolute atomic E-state index is 0.133. The highest BCUT2D eigenvalue weighted by Gasteiger charge is 2.35. The van der Waals surface area contributed by atoms with E-state index in [0.29, 0.717) is 12.1 Å². The predicted octanol–water partition coefficient (Wildman–Crippen LogP) is 1.72. The lowest BCUT2D eigenvalue weighted by molar-refractivity contribution is 0.205. The molecule has 0 spiro atoms. The molecule has 1 unspecified atom stereocenters. The van der Waals surface area contributed by atoms with E-state index in [-0.39, 0.29) is 12.1 Å². The third-order valence-corrected chi connectivity index (χ3v) is 3.22. The number of rotatable bonds is 1. The van der Waals surface area contributed by atoms with E-state index in [0.717, 1.165) is 16.0 Å². The molecule has 2 heterocycles. The van der Waals surface area contributed by atoms with Crippen LogP contribution in [0, 0.1) is 11.5 Å². The Labute approximate surface area is 103 Å². The van der Waals surface area contributed by atoms with Crippen LogP contribution in [0.5, 0.6) is 0 Å². The Kier molecular flexibility index (Phi) is 2.20. The highest BCUT2D eigenvalue weighted by atomic mass is 16.3. The van der Waals surface area contributed by atoms with E-state index >= 15 is 0 Å². The van der Waals surface area contributed by atoms with Crippen molar-refractivity contribution in [2.24, 2.45) is 0 Å². The third kappa shape index (κ3) is 1.41. The van der Waals surface area contributed by atoms with Crippen LogP contribution in [0.4, 0.5) is 4.79 Å². The Bertz CT molecular complexity index is 657. The zero-order chi connectivity index (χ0) is 12.7.